The average Bonchev–Trinajstić information content (AvgIpc) is 2.71. The number of hydrogen-bond acceptors (Lipinski definition) is 2. The Morgan fingerprint density at radius 2 is 1.11 bits per heavy atom. The second-order valence-electron chi connectivity index (χ2n) is 7.08. The summed E-state index contributed by atoms with van der Waals surface area (Å²) < 4.78 is 0. The van der Waals surface area contributed by atoms with Crippen molar-refractivity contribution in [2.45, 2.75) is 77.6 Å². The summed E-state index contributed by atoms with van der Waals surface area (Å²) in [5.74, 6) is 0. The maximum Gasteiger partial charge on any atom is 0.0831 e. The third-order valence-electron chi connectivity index (χ3n) is 4.90. The van der Waals surface area contributed by atoms with Crippen LogP contribution in [-0.4, -0.2) is 6.01 Å². The van der Waals surface area contributed by atoms with Crippen LogP contribution >= 0.6 is 0 Å². The zero-order valence-corrected chi connectivity index (χ0v) is 17.0. The van der Waals surface area contributed by atoms with E-state index in [0.29, 0.717) is 0 Å². The Hall–Kier alpha value is -2.18. The van der Waals surface area contributed by atoms with Crippen LogP contribution in [0, 0.1) is 10.8 Å². The standard InChI is InChI=1S/C24H34.CH2N2/c1-2-3-4-5-6-7-8-9-10-12-17-23-20-15-16-21-24(23)22-18-13-11-14-19-22;2-1-3/h11,13-16,18-21H,2-10,12,17H2,1H3;2-3H. The second kappa shape index (κ2) is 16.0. The van der Waals surface area contributed by atoms with Gasteiger partial charge in [0.25, 0.3) is 0 Å². The number of nitrogens with one attached hydrogen (secondary N) is 2. The van der Waals surface area contributed by atoms with Gasteiger partial charge in [-0.15, -0.1) is 0 Å². The minimum Gasteiger partial charge on any atom is -0.242 e. The average molecular weight is 365 g/mol. The van der Waals surface area contributed by atoms with Gasteiger partial charge in [0.05, 0.1) is 6.01 Å². The van der Waals surface area contributed by atoms with Gasteiger partial charge >= 0.3 is 0 Å². The van der Waals surface area contributed by atoms with Gasteiger partial charge in [-0.05, 0) is 29.5 Å². The van der Waals surface area contributed by atoms with Crippen molar-refractivity contribution < 1.29 is 0 Å². The fraction of sp³-hybridized carbons (Fsp3) is 0.480. The van der Waals surface area contributed by atoms with Gasteiger partial charge in [-0.2, -0.15) is 0 Å². The Morgan fingerprint density at radius 1 is 0.630 bits per heavy atom. The second-order valence-corrected chi connectivity index (χ2v) is 7.08. The van der Waals surface area contributed by atoms with Crippen LogP contribution in [0.5, 0.6) is 0 Å². The van der Waals surface area contributed by atoms with Crippen molar-refractivity contribution in [1.82, 2.24) is 0 Å². The van der Waals surface area contributed by atoms with E-state index < -0.39 is 0 Å². The van der Waals surface area contributed by atoms with Crippen molar-refractivity contribution >= 4 is 6.01 Å². The molecule has 0 bridgehead atoms. The SMILES string of the molecule is CCCCCCCCCCCCc1ccccc1-c1ccccc1.N=C=N. The third-order valence-corrected chi connectivity index (χ3v) is 4.90. The molecular weight excluding hydrogens is 328 g/mol. The van der Waals surface area contributed by atoms with E-state index in [1.54, 1.807) is 0 Å². The Kier molecular flexibility index (Phi) is 13.6. The van der Waals surface area contributed by atoms with Crippen molar-refractivity contribution in [2.75, 3.05) is 0 Å². The summed E-state index contributed by atoms with van der Waals surface area (Å²) in [6, 6.07) is 20.9. The van der Waals surface area contributed by atoms with Gasteiger partial charge in [0.1, 0.15) is 0 Å². The summed E-state index contributed by atoms with van der Waals surface area (Å²) >= 11 is 0. The van der Waals surface area contributed by atoms with Crippen LogP contribution in [0.15, 0.2) is 54.6 Å². The van der Waals surface area contributed by atoms with Gasteiger partial charge in [0.2, 0.25) is 0 Å². The molecule has 2 rings (SSSR count). The molecule has 2 heteroatoms. The van der Waals surface area contributed by atoms with Crippen molar-refractivity contribution in [3.05, 3.63) is 60.2 Å². The molecule has 2 aromatic rings. The van der Waals surface area contributed by atoms with Crippen molar-refractivity contribution in [3.8, 4) is 11.1 Å². The van der Waals surface area contributed by atoms with E-state index >= 15 is 0 Å². The molecule has 0 radical (unpaired) electrons. The van der Waals surface area contributed by atoms with Crippen LogP contribution in [0.25, 0.3) is 11.1 Å². The van der Waals surface area contributed by atoms with Gasteiger partial charge in [0.15, 0.2) is 0 Å². The first kappa shape index (κ1) is 22.9. The van der Waals surface area contributed by atoms with Crippen LogP contribution in [0.1, 0.15) is 76.7 Å². The van der Waals surface area contributed by atoms with Crippen molar-refractivity contribution in [1.29, 1.82) is 10.8 Å². The van der Waals surface area contributed by atoms with Crippen LogP contribution in [0.2, 0.25) is 0 Å². The molecule has 0 aliphatic heterocycles. The van der Waals surface area contributed by atoms with Crippen LogP contribution in [0.4, 0.5) is 0 Å². The van der Waals surface area contributed by atoms with Gasteiger partial charge in [-0.25, -0.2) is 10.8 Å². The lowest BCUT2D eigenvalue weighted by molar-refractivity contribution is 0.556. The summed E-state index contributed by atoms with van der Waals surface area (Å²) in [5, 5.41) is 11.2. The molecule has 2 N–H and O–H groups in total. The number of rotatable bonds is 12. The molecule has 0 aliphatic rings. The van der Waals surface area contributed by atoms with Gasteiger partial charge in [-0.1, -0.05) is 119 Å². The maximum atomic E-state index is 5.62. The van der Waals surface area contributed by atoms with E-state index in [2.05, 4.69) is 61.5 Å². The van der Waals surface area contributed by atoms with Gasteiger partial charge in [-0.3, -0.25) is 0 Å². The molecule has 146 valence electrons. The first-order valence-corrected chi connectivity index (χ1v) is 10.5. The van der Waals surface area contributed by atoms with Crippen molar-refractivity contribution in [3.63, 3.8) is 0 Å². The Morgan fingerprint density at radius 3 is 1.70 bits per heavy atom. The molecule has 0 amide bonds. The topological polar surface area (TPSA) is 47.7 Å². The van der Waals surface area contributed by atoms with E-state index in [9.17, 15) is 0 Å². The minimum atomic E-state index is 1.21. The van der Waals surface area contributed by atoms with Crippen LogP contribution in [0.3, 0.4) is 0 Å². The fourth-order valence-electron chi connectivity index (χ4n) is 3.44. The molecule has 0 aromatic heterocycles. The number of unbranched alkanes of at least 4 members (excludes halogenated alkanes) is 9. The Labute approximate surface area is 166 Å². The van der Waals surface area contributed by atoms with Crippen LogP contribution in [-0.2, 0) is 6.42 Å². The molecule has 27 heavy (non-hydrogen) atoms. The highest BCUT2D eigenvalue weighted by atomic mass is 14.4. The Balaban J connectivity index is 0.00000114. The largest absolute Gasteiger partial charge is 0.242 e. The third kappa shape index (κ3) is 10.5. The molecule has 2 aromatic carbocycles. The van der Waals surface area contributed by atoms with E-state index in [1.165, 1.54) is 93.3 Å². The molecular formula is C25H36N2. The summed E-state index contributed by atoms with van der Waals surface area (Å²) in [6.07, 6.45) is 15.3. The quantitative estimate of drug-likeness (QED) is 0.282. The van der Waals surface area contributed by atoms with Gasteiger partial charge in [0, 0.05) is 0 Å². The summed E-state index contributed by atoms with van der Waals surface area (Å²) in [7, 11) is 0. The number of aryl methyl sites for hydroxylation is 1. The highest BCUT2D eigenvalue weighted by molar-refractivity contribution is 5.67. The zero-order valence-electron chi connectivity index (χ0n) is 17.0. The monoisotopic (exact) mass is 364 g/mol. The normalized spacial score (nSPS) is 9.96. The smallest absolute Gasteiger partial charge is 0.0831 e. The van der Waals surface area contributed by atoms with E-state index in [4.69, 9.17) is 10.8 Å². The predicted octanol–water partition coefficient (Wildman–Crippen LogP) is 8.13. The van der Waals surface area contributed by atoms with Crippen molar-refractivity contribution in [2.24, 2.45) is 0 Å². The lowest BCUT2D eigenvalue weighted by atomic mass is 9.95. The lowest BCUT2D eigenvalue weighted by Gasteiger charge is -2.09. The lowest BCUT2D eigenvalue weighted by Crippen LogP contribution is -1.91. The summed E-state index contributed by atoms with van der Waals surface area (Å²) in [5.41, 5.74) is 4.26. The van der Waals surface area contributed by atoms with Crippen LogP contribution < -0.4 is 0 Å². The first-order chi connectivity index (χ1) is 13.3. The fourth-order valence-corrected chi connectivity index (χ4v) is 3.44. The summed E-state index contributed by atoms with van der Waals surface area (Å²) in [4.78, 5) is 0. The predicted molar refractivity (Wildman–Crippen MR) is 118 cm³/mol. The highest BCUT2D eigenvalue weighted by Gasteiger charge is 2.03. The van der Waals surface area contributed by atoms with Gasteiger partial charge < -0.3 is 0 Å². The minimum absolute atomic E-state index is 1.21. The molecule has 0 saturated carbocycles. The summed E-state index contributed by atoms with van der Waals surface area (Å²) in [6.45, 7) is 2.29. The van der Waals surface area contributed by atoms with E-state index in [1.807, 2.05) is 0 Å². The highest BCUT2D eigenvalue weighted by Crippen LogP contribution is 2.25. The van der Waals surface area contributed by atoms with E-state index in [0.717, 1.165) is 0 Å². The molecule has 0 saturated heterocycles. The molecule has 2 nitrogen and oxygen atoms in total. The maximum absolute atomic E-state index is 5.62. The zero-order chi connectivity index (χ0) is 19.6. The number of hydrogen-bond donors (Lipinski definition) is 2. The van der Waals surface area contributed by atoms with E-state index in [-0.39, 0.29) is 0 Å². The first-order valence-electron chi connectivity index (χ1n) is 10.5. The molecule has 0 fully saturated rings. The molecule has 0 spiro atoms. The Bertz CT molecular complexity index is 628. The molecule has 0 atom stereocenters. The molecule has 0 heterocycles. The molecule has 0 aliphatic carbocycles. The molecule has 0 unspecified atom stereocenters. The number of benzene rings is 2.